The molecule has 7 heteroatoms. The van der Waals surface area contributed by atoms with Gasteiger partial charge < -0.3 is 14.6 Å². The predicted octanol–water partition coefficient (Wildman–Crippen LogP) is 5.26. The molecule has 1 N–H and O–H groups in total. The van der Waals surface area contributed by atoms with Gasteiger partial charge in [-0.2, -0.15) is 0 Å². The van der Waals surface area contributed by atoms with E-state index < -0.39 is 0 Å². The van der Waals surface area contributed by atoms with Gasteiger partial charge >= 0.3 is 0 Å². The summed E-state index contributed by atoms with van der Waals surface area (Å²) >= 11 is 7.38. The number of rotatable bonds is 7. The molecule has 0 saturated carbocycles. The van der Waals surface area contributed by atoms with E-state index in [0.29, 0.717) is 16.5 Å². The Bertz CT molecular complexity index is 894. The maximum absolute atomic E-state index is 12.3. The van der Waals surface area contributed by atoms with Crippen LogP contribution in [-0.4, -0.2) is 23.4 Å². The minimum absolute atomic E-state index is 0.0670. The fourth-order valence-electron chi connectivity index (χ4n) is 2.34. The SMILES string of the molecule is COc1ccc(NC(=O)C(C)SCc2cc(-c3ccc(Cl)cc3)no2)cc1. The molecule has 1 unspecified atom stereocenters. The van der Waals surface area contributed by atoms with Crippen molar-refractivity contribution in [3.05, 3.63) is 65.4 Å². The molecule has 1 atom stereocenters. The molecule has 2 aromatic carbocycles. The largest absolute Gasteiger partial charge is 0.497 e. The highest BCUT2D eigenvalue weighted by Gasteiger charge is 2.15. The van der Waals surface area contributed by atoms with Crippen LogP contribution in [-0.2, 0) is 10.5 Å². The lowest BCUT2D eigenvalue weighted by molar-refractivity contribution is -0.115. The second-order valence-electron chi connectivity index (χ2n) is 5.86. The van der Waals surface area contributed by atoms with Gasteiger partial charge in [-0.3, -0.25) is 4.79 Å². The number of carbonyl (C=O) groups is 1. The van der Waals surface area contributed by atoms with Crippen LogP contribution in [0.3, 0.4) is 0 Å². The fraction of sp³-hybridized carbons (Fsp3) is 0.200. The van der Waals surface area contributed by atoms with Crippen LogP contribution in [0.1, 0.15) is 12.7 Å². The van der Waals surface area contributed by atoms with Gasteiger partial charge in [0.1, 0.15) is 17.2 Å². The van der Waals surface area contributed by atoms with Gasteiger partial charge in [-0.05, 0) is 43.3 Å². The summed E-state index contributed by atoms with van der Waals surface area (Å²) in [6.45, 7) is 1.86. The standard InChI is InChI=1S/C20H19ClN2O3S/c1-13(20(24)22-16-7-9-17(25-2)10-8-16)27-12-18-11-19(23-26-18)14-3-5-15(21)6-4-14/h3-11,13H,12H2,1-2H3,(H,22,24). The zero-order chi connectivity index (χ0) is 19.2. The van der Waals surface area contributed by atoms with E-state index in [0.717, 1.165) is 22.7 Å². The third kappa shape index (κ3) is 5.28. The number of benzene rings is 2. The van der Waals surface area contributed by atoms with Gasteiger partial charge in [0.25, 0.3) is 0 Å². The van der Waals surface area contributed by atoms with Gasteiger partial charge in [-0.1, -0.05) is 28.9 Å². The summed E-state index contributed by atoms with van der Waals surface area (Å²) in [6.07, 6.45) is 0. The highest BCUT2D eigenvalue weighted by atomic mass is 35.5. The lowest BCUT2D eigenvalue weighted by atomic mass is 10.1. The van der Waals surface area contributed by atoms with Crippen LogP contribution in [0.25, 0.3) is 11.3 Å². The van der Waals surface area contributed by atoms with Crippen LogP contribution < -0.4 is 10.1 Å². The van der Waals surface area contributed by atoms with E-state index in [1.54, 1.807) is 19.2 Å². The minimum Gasteiger partial charge on any atom is -0.497 e. The Morgan fingerprint density at radius 3 is 2.59 bits per heavy atom. The second kappa shape index (κ2) is 8.97. The van der Waals surface area contributed by atoms with Crippen molar-refractivity contribution in [1.82, 2.24) is 5.16 Å². The number of hydrogen-bond donors (Lipinski definition) is 1. The zero-order valence-corrected chi connectivity index (χ0v) is 16.5. The molecule has 0 aliphatic carbocycles. The number of carbonyl (C=O) groups excluding carboxylic acids is 1. The molecule has 5 nitrogen and oxygen atoms in total. The number of nitrogens with one attached hydrogen (secondary N) is 1. The molecule has 3 aromatic rings. The molecule has 0 bridgehead atoms. The summed E-state index contributed by atoms with van der Waals surface area (Å²) in [5.74, 6) is 1.95. The highest BCUT2D eigenvalue weighted by Crippen LogP contribution is 2.25. The third-order valence-corrected chi connectivity index (χ3v) is 5.32. The summed E-state index contributed by atoms with van der Waals surface area (Å²) in [5, 5.41) is 7.41. The molecular weight excluding hydrogens is 384 g/mol. The van der Waals surface area contributed by atoms with Crippen molar-refractivity contribution in [2.75, 3.05) is 12.4 Å². The lowest BCUT2D eigenvalue weighted by Crippen LogP contribution is -2.22. The molecule has 0 radical (unpaired) electrons. The van der Waals surface area contributed by atoms with E-state index >= 15 is 0 Å². The number of amides is 1. The van der Waals surface area contributed by atoms with Gasteiger partial charge in [-0.15, -0.1) is 11.8 Å². The van der Waals surface area contributed by atoms with Gasteiger partial charge in [-0.25, -0.2) is 0 Å². The number of aromatic nitrogens is 1. The van der Waals surface area contributed by atoms with Gasteiger partial charge in [0.15, 0.2) is 0 Å². The quantitative estimate of drug-likeness (QED) is 0.583. The first-order valence-electron chi connectivity index (χ1n) is 8.33. The summed E-state index contributed by atoms with van der Waals surface area (Å²) in [6, 6.07) is 16.5. The number of ether oxygens (including phenoxy) is 1. The van der Waals surface area contributed by atoms with Crippen LogP contribution in [0, 0.1) is 0 Å². The van der Waals surface area contributed by atoms with Crippen molar-refractivity contribution < 1.29 is 14.1 Å². The van der Waals surface area contributed by atoms with Crippen LogP contribution in [0.15, 0.2) is 59.1 Å². The van der Waals surface area contributed by atoms with Gasteiger partial charge in [0.05, 0.1) is 18.1 Å². The molecule has 0 saturated heterocycles. The van der Waals surface area contributed by atoms with E-state index in [2.05, 4.69) is 10.5 Å². The number of nitrogens with zero attached hydrogens (tertiary/aromatic N) is 1. The smallest absolute Gasteiger partial charge is 0.237 e. The summed E-state index contributed by atoms with van der Waals surface area (Å²) in [7, 11) is 1.61. The van der Waals surface area contributed by atoms with Crippen molar-refractivity contribution >= 4 is 35.0 Å². The predicted molar refractivity (Wildman–Crippen MR) is 109 cm³/mol. The molecule has 140 valence electrons. The van der Waals surface area contributed by atoms with Crippen molar-refractivity contribution in [2.45, 2.75) is 17.9 Å². The van der Waals surface area contributed by atoms with E-state index in [1.807, 2.05) is 49.4 Å². The molecule has 3 rings (SSSR count). The van der Waals surface area contributed by atoms with E-state index in [4.69, 9.17) is 20.9 Å². The molecule has 0 fully saturated rings. The number of halogens is 1. The normalized spacial score (nSPS) is 11.8. The molecule has 0 spiro atoms. The Morgan fingerprint density at radius 1 is 1.22 bits per heavy atom. The first-order valence-corrected chi connectivity index (χ1v) is 9.76. The second-order valence-corrected chi connectivity index (χ2v) is 7.62. The van der Waals surface area contributed by atoms with Crippen LogP contribution in [0.5, 0.6) is 5.75 Å². The van der Waals surface area contributed by atoms with Crippen LogP contribution in [0.2, 0.25) is 5.02 Å². The monoisotopic (exact) mass is 402 g/mol. The third-order valence-electron chi connectivity index (χ3n) is 3.90. The average Bonchev–Trinajstić information content (AvgIpc) is 3.16. The molecule has 1 aromatic heterocycles. The van der Waals surface area contributed by atoms with Crippen molar-refractivity contribution in [1.29, 1.82) is 0 Å². The summed E-state index contributed by atoms with van der Waals surface area (Å²) in [4.78, 5) is 12.3. The van der Waals surface area contributed by atoms with Crippen molar-refractivity contribution in [3.8, 4) is 17.0 Å². The van der Waals surface area contributed by atoms with Gasteiger partial charge in [0.2, 0.25) is 5.91 Å². The Hall–Kier alpha value is -2.44. The van der Waals surface area contributed by atoms with E-state index in [-0.39, 0.29) is 11.2 Å². The summed E-state index contributed by atoms with van der Waals surface area (Å²) < 4.78 is 10.5. The topological polar surface area (TPSA) is 64.4 Å². The minimum atomic E-state index is -0.240. The first kappa shape index (κ1) is 19.3. The molecule has 1 heterocycles. The highest BCUT2D eigenvalue weighted by molar-refractivity contribution is 7.99. The molecule has 1 amide bonds. The maximum atomic E-state index is 12.3. The fourth-order valence-corrected chi connectivity index (χ4v) is 3.23. The Morgan fingerprint density at radius 2 is 1.93 bits per heavy atom. The summed E-state index contributed by atoms with van der Waals surface area (Å²) in [5.41, 5.74) is 2.42. The molecule has 27 heavy (non-hydrogen) atoms. The lowest BCUT2D eigenvalue weighted by Gasteiger charge is -2.11. The van der Waals surface area contributed by atoms with Crippen LogP contribution >= 0.6 is 23.4 Å². The Balaban J connectivity index is 1.53. The van der Waals surface area contributed by atoms with Gasteiger partial charge in [0, 0.05) is 22.3 Å². The maximum Gasteiger partial charge on any atom is 0.237 e. The van der Waals surface area contributed by atoms with Crippen molar-refractivity contribution in [3.63, 3.8) is 0 Å². The van der Waals surface area contributed by atoms with E-state index in [1.165, 1.54) is 11.8 Å². The number of hydrogen-bond acceptors (Lipinski definition) is 5. The Labute approximate surface area is 167 Å². The van der Waals surface area contributed by atoms with E-state index in [9.17, 15) is 4.79 Å². The number of methoxy groups -OCH3 is 1. The first-order chi connectivity index (χ1) is 13.0. The Kier molecular flexibility index (Phi) is 6.42. The average molecular weight is 403 g/mol. The molecule has 0 aliphatic heterocycles. The van der Waals surface area contributed by atoms with Crippen LogP contribution in [0.4, 0.5) is 5.69 Å². The number of thioether (sulfide) groups is 1. The zero-order valence-electron chi connectivity index (χ0n) is 14.9. The molecule has 0 aliphatic rings. The molecular formula is C20H19ClN2O3S. The number of anilines is 1. The van der Waals surface area contributed by atoms with Crippen molar-refractivity contribution in [2.24, 2.45) is 0 Å².